The summed E-state index contributed by atoms with van der Waals surface area (Å²) in [5.74, 6) is 0.269. The van der Waals surface area contributed by atoms with Gasteiger partial charge in [-0.05, 0) is 24.3 Å². The zero-order valence-electron chi connectivity index (χ0n) is 11.9. The predicted octanol–water partition coefficient (Wildman–Crippen LogP) is 0.979. The fourth-order valence-electron chi connectivity index (χ4n) is 2.10. The molecule has 3 rings (SSSR count). The number of nitrogens with one attached hydrogen (secondary N) is 2. The van der Waals surface area contributed by atoms with E-state index in [2.05, 4.69) is 36.2 Å². The van der Waals surface area contributed by atoms with Crippen LogP contribution >= 0.6 is 15.9 Å². The Labute approximate surface area is 139 Å². The maximum absolute atomic E-state index is 12.1. The molecule has 0 radical (unpaired) electrons. The van der Waals surface area contributed by atoms with Gasteiger partial charge in [0.2, 0.25) is 5.95 Å². The van der Waals surface area contributed by atoms with Crippen LogP contribution < -0.4 is 10.9 Å². The number of halogens is 1. The Balaban J connectivity index is 1.96. The van der Waals surface area contributed by atoms with E-state index in [1.54, 1.807) is 0 Å². The number of benzene rings is 1. The first-order valence-electron chi connectivity index (χ1n) is 6.83. The number of H-pyrrole nitrogens is 1. The third kappa shape index (κ3) is 3.41. The van der Waals surface area contributed by atoms with E-state index >= 15 is 0 Å². The molecule has 0 saturated heterocycles. The summed E-state index contributed by atoms with van der Waals surface area (Å²) in [6.45, 7) is -0.284. The van der Waals surface area contributed by atoms with Crippen molar-refractivity contribution in [3.8, 4) is 0 Å². The van der Waals surface area contributed by atoms with Gasteiger partial charge in [-0.3, -0.25) is 9.78 Å². The molecule has 2 heterocycles. The second-order valence-electron chi connectivity index (χ2n) is 4.95. The minimum atomic E-state index is -0.948. The average molecular weight is 380 g/mol. The third-order valence-electron chi connectivity index (χ3n) is 3.20. The molecular weight excluding hydrogens is 366 g/mol. The number of aliphatic hydroxyl groups is 2. The highest BCUT2D eigenvalue weighted by Gasteiger charge is 2.13. The van der Waals surface area contributed by atoms with Gasteiger partial charge in [0.1, 0.15) is 0 Å². The number of aromatic amines is 1. The molecule has 0 fully saturated rings. The van der Waals surface area contributed by atoms with Gasteiger partial charge in [-0.25, -0.2) is 4.98 Å². The van der Waals surface area contributed by atoms with Crippen LogP contribution in [0.4, 0.5) is 11.6 Å². The van der Waals surface area contributed by atoms with E-state index in [0.29, 0.717) is 5.65 Å². The number of aliphatic hydroxyl groups excluding tert-OH is 2. The first-order chi connectivity index (χ1) is 11.1. The lowest BCUT2D eigenvalue weighted by molar-refractivity contribution is 0.0820. The fourth-order valence-corrected chi connectivity index (χ4v) is 2.37. The molecule has 4 N–H and O–H groups in total. The maximum Gasteiger partial charge on any atom is 0.280 e. The van der Waals surface area contributed by atoms with E-state index in [1.807, 2.05) is 24.3 Å². The number of aromatic nitrogens is 4. The number of hydrogen-bond donors (Lipinski definition) is 4. The number of imidazole rings is 1. The van der Waals surface area contributed by atoms with Crippen LogP contribution in [0.3, 0.4) is 0 Å². The van der Waals surface area contributed by atoms with Crippen molar-refractivity contribution < 1.29 is 10.2 Å². The summed E-state index contributed by atoms with van der Waals surface area (Å²) in [4.78, 5) is 23.0. The van der Waals surface area contributed by atoms with Gasteiger partial charge >= 0.3 is 0 Å². The Morgan fingerprint density at radius 3 is 2.78 bits per heavy atom. The first-order valence-corrected chi connectivity index (χ1v) is 7.63. The topological polar surface area (TPSA) is 116 Å². The van der Waals surface area contributed by atoms with Crippen LogP contribution in [-0.4, -0.2) is 42.4 Å². The van der Waals surface area contributed by atoms with Crippen molar-refractivity contribution in [1.29, 1.82) is 0 Å². The van der Waals surface area contributed by atoms with Crippen molar-refractivity contribution >= 4 is 38.7 Å². The van der Waals surface area contributed by atoms with Crippen LogP contribution in [0.25, 0.3) is 11.2 Å². The third-order valence-corrected chi connectivity index (χ3v) is 3.73. The lowest BCUT2D eigenvalue weighted by Gasteiger charge is -2.09. The zero-order chi connectivity index (χ0) is 16.4. The normalized spacial score (nSPS) is 12.5. The van der Waals surface area contributed by atoms with E-state index < -0.39 is 6.10 Å². The summed E-state index contributed by atoms with van der Waals surface area (Å²) in [7, 11) is 0. The Hall–Kier alpha value is -2.23. The lowest BCUT2D eigenvalue weighted by atomic mass is 10.3. The number of rotatable bonds is 5. The van der Waals surface area contributed by atoms with E-state index in [9.17, 15) is 9.90 Å². The van der Waals surface area contributed by atoms with Gasteiger partial charge in [0.05, 0.1) is 25.6 Å². The quantitative estimate of drug-likeness (QED) is 0.525. The Kier molecular flexibility index (Phi) is 4.42. The van der Waals surface area contributed by atoms with Gasteiger partial charge in [-0.15, -0.1) is 0 Å². The Bertz CT molecular complexity index is 874. The van der Waals surface area contributed by atoms with E-state index in [0.717, 1.165) is 10.2 Å². The zero-order valence-corrected chi connectivity index (χ0v) is 13.5. The molecule has 0 aliphatic rings. The molecule has 0 saturated carbocycles. The molecule has 0 amide bonds. The van der Waals surface area contributed by atoms with E-state index in [-0.39, 0.29) is 30.2 Å². The summed E-state index contributed by atoms with van der Waals surface area (Å²) >= 11 is 3.35. The van der Waals surface area contributed by atoms with Gasteiger partial charge in [-0.1, -0.05) is 15.9 Å². The largest absolute Gasteiger partial charge is 0.394 e. The second-order valence-corrected chi connectivity index (χ2v) is 5.87. The predicted molar refractivity (Wildman–Crippen MR) is 88.7 cm³/mol. The van der Waals surface area contributed by atoms with Crippen LogP contribution in [0.1, 0.15) is 0 Å². The number of hydrogen-bond acceptors (Lipinski definition) is 6. The molecule has 1 unspecified atom stereocenters. The van der Waals surface area contributed by atoms with Crippen LogP contribution in [0.2, 0.25) is 0 Å². The molecule has 2 aromatic heterocycles. The number of nitrogens with zero attached hydrogens (tertiary/aromatic N) is 3. The van der Waals surface area contributed by atoms with E-state index in [1.165, 1.54) is 10.9 Å². The fraction of sp³-hybridized carbons (Fsp3) is 0.214. The molecular formula is C14H14BrN5O3. The van der Waals surface area contributed by atoms with Crippen molar-refractivity contribution in [2.45, 2.75) is 12.6 Å². The van der Waals surface area contributed by atoms with Crippen LogP contribution in [-0.2, 0) is 6.54 Å². The molecule has 23 heavy (non-hydrogen) atoms. The molecule has 0 bridgehead atoms. The molecule has 0 spiro atoms. The van der Waals surface area contributed by atoms with Crippen molar-refractivity contribution in [3.05, 3.63) is 45.4 Å². The summed E-state index contributed by atoms with van der Waals surface area (Å²) in [6.07, 6.45) is 0.464. The van der Waals surface area contributed by atoms with Crippen molar-refractivity contribution in [1.82, 2.24) is 19.5 Å². The molecule has 0 aliphatic heterocycles. The Morgan fingerprint density at radius 1 is 1.35 bits per heavy atom. The molecule has 1 aromatic carbocycles. The van der Waals surface area contributed by atoms with Crippen molar-refractivity contribution in [2.24, 2.45) is 0 Å². The first kappa shape index (κ1) is 15.7. The van der Waals surface area contributed by atoms with Crippen LogP contribution in [0.5, 0.6) is 0 Å². The summed E-state index contributed by atoms with van der Waals surface area (Å²) < 4.78 is 2.47. The van der Waals surface area contributed by atoms with Gasteiger partial charge in [0.15, 0.2) is 11.2 Å². The Morgan fingerprint density at radius 2 is 2.09 bits per heavy atom. The number of fused-ring (bicyclic) bond motifs is 1. The minimum Gasteiger partial charge on any atom is -0.394 e. The molecule has 1 atom stereocenters. The van der Waals surface area contributed by atoms with Gasteiger partial charge in [-0.2, -0.15) is 4.98 Å². The minimum absolute atomic E-state index is 0.0984. The van der Waals surface area contributed by atoms with Crippen LogP contribution in [0.15, 0.2) is 39.9 Å². The smallest absolute Gasteiger partial charge is 0.280 e. The highest BCUT2D eigenvalue weighted by atomic mass is 79.9. The molecule has 120 valence electrons. The van der Waals surface area contributed by atoms with Crippen LogP contribution in [0, 0.1) is 0 Å². The van der Waals surface area contributed by atoms with Gasteiger partial charge < -0.3 is 20.1 Å². The molecule has 8 nitrogen and oxygen atoms in total. The summed E-state index contributed by atoms with van der Waals surface area (Å²) in [5, 5.41) is 21.5. The molecule has 9 heteroatoms. The van der Waals surface area contributed by atoms with Crippen molar-refractivity contribution in [2.75, 3.05) is 11.9 Å². The van der Waals surface area contributed by atoms with Gasteiger partial charge in [0, 0.05) is 10.2 Å². The maximum atomic E-state index is 12.1. The highest BCUT2D eigenvalue weighted by Crippen LogP contribution is 2.17. The monoisotopic (exact) mass is 379 g/mol. The van der Waals surface area contributed by atoms with E-state index in [4.69, 9.17) is 5.11 Å². The molecule has 3 aromatic rings. The molecule has 0 aliphatic carbocycles. The lowest BCUT2D eigenvalue weighted by Crippen LogP contribution is -2.20. The van der Waals surface area contributed by atoms with Crippen molar-refractivity contribution in [3.63, 3.8) is 0 Å². The average Bonchev–Trinajstić information content (AvgIpc) is 2.93. The highest BCUT2D eigenvalue weighted by molar-refractivity contribution is 9.10. The number of anilines is 2. The summed E-state index contributed by atoms with van der Waals surface area (Å²) in [5.41, 5.74) is 0.890. The summed E-state index contributed by atoms with van der Waals surface area (Å²) in [6, 6.07) is 7.39. The standard InChI is InChI=1S/C14H14BrN5O3/c15-8-1-3-9(4-2-8)17-14-18-12-11(13(23)19-14)16-7-20(12)5-10(22)6-21/h1-4,7,10,21-22H,5-6H2,(H2,17,18,19,23). The van der Waals surface area contributed by atoms with Gasteiger partial charge in [0.25, 0.3) is 5.56 Å². The SMILES string of the molecule is O=c1[nH]c(Nc2ccc(Br)cc2)nc2c1ncn2CC(O)CO. The second kappa shape index (κ2) is 6.49.